The number of pyridine rings is 1. The number of hydrogen-bond acceptors (Lipinski definition) is 5. The lowest BCUT2D eigenvalue weighted by molar-refractivity contribution is 0.340. The van der Waals surface area contributed by atoms with E-state index in [1.54, 1.807) is 10.6 Å². The average molecular weight is 239 g/mol. The Bertz CT molecular complexity index is 771. The van der Waals surface area contributed by atoms with Gasteiger partial charge in [-0.25, -0.2) is 0 Å². The third kappa shape index (κ3) is 1.45. The minimum absolute atomic E-state index is 0.446. The number of nitriles is 1. The maximum atomic E-state index is 9.10. The SMILES string of the molecule is CCOc1ccc2c(c1)cc(C#N)c1nnnn12. The number of benzene rings is 1. The lowest BCUT2D eigenvalue weighted by atomic mass is 10.1. The summed E-state index contributed by atoms with van der Waals surface area (Å²) in [5, 5.41) is 21.3. The molecule has 0 bridgehead atoms. The minimum atomic E-state index is 0.446. The molecule has 88 valence electrons. The topological polar surface area (TPSA) is 76.1 Å². The second-order valence-corrected chi connectivity index (χ2v) is 3.74. The number of rotatable bonds is 2. The monoisotopic (exact) mass is 239 g/mol. The third-order valence-electron chi connectivity index (χ3n) is 2.67. The van der Waals surface area contributed by atoms with Gasteiger partial charge in [-0.15, -0.1) is 5.10 Å². The zero-order valence-electron chi connectivity index (χ0n) is 9.66. The number of fused-ring (bicyclic) bond motifs is 3. The van der Waals surface area contributed by atoms with E-state index in [0.29, 0.717) is 17.8 Å². The second-order valence-electron chi connectivity index (χ2n) is 3.74. The van der Waals surface area contributed by atoms with Crippen LogP contribution in [0.2, 0.25) is 0 Å². The molecule has 0 fully saturated rings. The van der Waals surface area contributed by atoms with Crippen molar-refractivity contribution in [1.29, 1.82) is 5.26 Å². The molecule has 0 unspecified atom stereocenters. The van der Waals surface area contributed by atoms with E-state index in [-0.39, 0.29) is 0 Å². The summed E-state index contributed by atoms with van der Waals surface area (Å²) >= 11 is 0. The van der Waals surface area contributed by atoms with Gasteiger partial charge in [-0.05, 0) is 41.6 Å². The van der Waals surface area contributed by atoms with Crippen LogP contribution in [0.4, 0.5) is 0 Å². The fourth-order valence-electron chi connectivity index (χ4n) is 1.92. The first-order valence-corrected chi connectivity index (χ1v) is 5.51. The first kappa shape index (κ1) is 10.5. The van der Waals surface area contributed by atoms with Gasteiger partial charge in [0.05, 0.1) is 17.7 Å². The second kappa shape index (κ2) is 3.96. The smallest absolute Gasteiger partial charge is 0.197 e. The summed E-state index contributed by atoms with van der Waals surface area (Å²) in [7, 11) is 0. The van der Waals surface area contributed by atoms with Crippen molar-refractivity contribution in [2.45, 2.75) is 6.92 Å². The lowest BCUT2D eigenvalue weighted by Gasteiger charge is -2.05. The van der Waals surface area contributed by atoms with Gasteiger partial charge in [0.1, 0.15) is 11.8 Å². The van der Waals surface area contributed by atoms with E-state index in [0.717, 1.165) is 16.7 Å². The zero-order valence-corrected chi connectivity index (χ0v) is 9.66. The average Bonchev–Trinajstić information content (AvgIpc) is 2.87. The number of tetrazole rings is 1. The molecule has 18 heavy (non-hydrogen) atoms. The van der Waals surface area contributed by atoms with E-state index >= 15 is 0 Å². The molecule has 0 spiro atoms. The van der Waals surface area contributed by atoms with Crippen LogP contribution in [-0.2, 0) is 0 Å². The van der Waals surface area contributed by atoms with Gasteiger partial charge in [-0.1, -0.05) is 0 Å². The molecule has 3 aromatic rings. The molecule has 0 atom stereocenters. The highest BCUT2D eigenvalue weighted by Crippen LogP contribution is 2.23. The molecule has 0 aliphatic rings. The molecule has 6 heteroatoms. The Morgan fingerprint density at radius 3 is 3.06 bits per heavy atom. The maximum Gasteiger partial charge on any atom is 0.197 e. The quantitative estimate of drug-likeness (QED) is 0.678. The summed E-state index contributed by atoms with van der Waals surface area (Å²) in [4.78, 5) is 0. The van der Waals surface area contributed by atoms with Crippen molar-refractivity contribution in [2.75, 3.05) is 6.61 Å². The third-order valence-corrected chi connectivity index (χ3v) is 2.67. The standard InChI is InChI=1S/C12H9N5O/c1-2-18-10-3-4-11-8(6-10)5-9(7-13)12-14-15-16-17(11)12/h3-6H,2H2,1H3. The van der Waals surface area contributed by atoms with Crippen molar-refractivity contribution in [3.05, 3.63) is 29.8 Å². The Balaban J connectivity index is 2.36. The van der Waals surface area contributed by atoms with E-state index in [1.165, 1.54) is 0 Å². The van der Waals surface area contributed by atoms with Crippen molar-refractivity contribution in [3.8, 4) is 11.8 Å². The summed E-state index contributed by atoms with van der Waals surface area (Å²) in [6.45, 7) is 2.53. The molecule has 0 amide bonds. The number of nitrogens with zero attached hydrogens (tertiary/aromatic N) is 5. The van der Waals surface area contributed by atoms with Crippen LogP contribution in [0.5, 0.6) is 5.75 Å². The Kier molecular flexibility index (Phi) is 2.31. The molecule has 0 aliphatic heterocycles. The van der Waals surface area contributed by atoms with Crippen molar-refractivity contribution in [1.82, 2.24) is 20.0 Å². The van der Waals surface area contributed by atoms with Crippen molar-refractivity contribution in [3.63, 3.8) is 0 Å². The van der Waals surface area contributed by atoms with E-state index in [1.807, 2.05) is 25.1 Å². The number of aromatic nitrogens is 4. The summed E-state index contributed by atoms with van der Waals surface area (Å²) in [6, 6.07) is 9.48. The van der Waals surface area contributed by atoms with Crippen molar-refractivity contribution < 1.29 is 4.74 Å². The molecule has 2 heterocycles. The van der Waals surface area contributed by atoms with E-state index in [2.05, 4.69) is 21.6 Å². The Morgan fingerprint density at radius 2 is 2.28 bits per heavy atom. The molecule has 0 radical (unpaired) electrons. The van der Waals surface area contributed by atoms with Crippen LogP contribution < -0.4 is 4.74 Å². The van der Waals surface area contributed by atoms with E-state index in [9.17, 15) is 0 Å². The normalized spacial score (nSPS) is 10.7. The molecule has 0 saturated carbocycles. The van der Waals surface area contributed by atoms with Gasteiger partial charge in [0.25, 0.3) is 0 Å². The fourth-order valence-corrected chi connectivity index (χ4v) is 1.92. The molecule has 2 aromatic heterocycles. The Labute approximate surface area is 102 Å². The highest BCUT2D eigenvalue weighted by atomic mass is 16.5. The molecular formula is C12H9N5O. The van der Waals surface area contributed by atoms with E-state index < -0.39 is 0 Å². The Hall–Kier alpha value is -2.68. The summed E-state index contributed by atoms with van der Waals surface area (Å²) in [5.41, 5.74) is 1.76. The van der Waals surface area contributed by atoms with Crippen LogP contribution in [0.1, 0.15) is 12.5 Å². The van der Waals surface area contributed by atoms with Crippen LogP contribution >= 0.6 is 0 Å². The summed E-state index contributed by atoms with van der Waals surface area (Å²) < 4.78 is 7.00. The maximum absolute atomic E-state index is 9.10. The van der Waals surface area contributed by atoms with Crippen LogP contribution in [0.15, 0.2) is 24.3 Å². The largest absolute Gasteiger partial charge is 0.494 e. The summed E-state index contributed by atoms with van der Waals surface area (Å²) in [6.07, 6.45) is 0. The predicted molar refractivity (Wildman–Crippen MR) is 64.2 cm³/mol. The molecule has 0 saturated heterocycles. The molecule has 0 N–H and O–H groups in total. The minimum Gasteiger partial charge on any atom is -0.494 e. The van der Waals surface area contributed by atoms with Gasteiger partial charge in [0.15, 0.2) is 5.65 Å². The van der Waals surface area contributed by atoms with Crippen LogP contribution in [-0.4, -0.2) is 26.6 Å². The van der Waals surface area contributed by atoms with Gasteiger partial charge in [-0.2, -0.15) is 9.78 Å². The predicted octanol–water partition coefficient (Wildman–Crippen LogP) is 1.55. The first-order chi connectivity index (χ1) is 8.83. The van der Waals surface area contributed by atoms with Crippen LogP contribution in [0.25, 0.3) is 16.6 Å². The molecule has 3 rings (SSSR count). The van der Waals surface area contributed by atoms with Gasteiger partial charge in [0.2, 0.25) is 0 Å². The number of ether oxygens (including phenoxy) is 1. The van der Waals surface area contributed by atoms with Gasteiger partial charge >= 0.3 is 0 Å². The molecular weight excluding hydrogens is 230 g/mol. The molecule has 1 aromatic carbocycles. The first-order valence-electron chi connectivity index (χ1n) is 5.51. The number of hydrogen-bond donors (Lipinski definition) is 0. The van der Waals surface area contributed by atoms with Gasteiger partial charge < -0.3 is 4.74 Å². The fraction of sp³-hybridized carbons (Fsp3) is 0.167. The highest BCUT2D eigenvalue weighted by Gasteiger charge is 2.09. The molecule has 6 nitrogen and oxygen atoms in total. The van der Waals surface area contributed by atoms with Crippen LogP contribution in [0.3, 0.4) is 0 Å². The van der Waals surface area contributed by atoms with Crippen LogP contribution in [0, 0.1) is 11.3 Å². The van der Waals surface area contributed by atoms with Crippen molar-refractivity contribution >= 4 is 16.6 Å². The molecule has 0 aliphatic carbocycles. The van der Waals surface area contributed by atoms with Gasteiger partial charge in [0, 0.05) is 5.39 Å². The van der Waals surface area contributed by atoms with Gasteiger partial charge in [-0.3, -0.25) is 0 Å². The Morgan fingerprint density at radius 1 is 1.39 bits per heavy atom. The highest BCUT2D eigenvalue weighted by molar-refractivity contribution is 5.85. The lowest BCUT2D eigenvalue weighted by Crippen LogP contribution is -1.96. The van der Waals surface area contributed by atoms with E-state index in [4.69, 9.17) is 10.00 Å². The zero-order chi connectivity index (χ0) is 12.5. The van der Waals surface area contributed by atoms with Crippen molar-refractivity contribution in [2.24, 2.45) is 0 Å². The summed E-state index contributed by atoms with van der Waals surface area (Å²) in [5.74, 6) is 0.765.